The molecule has 2 rings (SSSR count). The third-order valence-electron chi connectivity index (χ3n) is 6.06. The first-order valence-corrected chi connectivity index (χ1v) is 13.5. The third kappa shape index (κ3) is 8.62. The first kappa shape index (κ1) is 31.6. The summed E-state index contributed by atoms with van der Waals surface area (Å²) in [6.07, 6.45) is 10.5. The fraction of sp³-hybridized carbons (Fsp3) is 0.630. The van der Waals surface area contributed by atoms with E-state index in [4.69, 9.17) is 11.5 Å². The number of rotatable bonds is 10. The molecule has 0 bridgehead atoms. The van der Waals surface area contributed by atoms with Crippen molar-refractivity contribution in [2.45, 2.75) is 85.1 Å². The molecule has 1 aliphatic carbocycles. The van der Waals surface area contributed by atoms with Crippen LogP contribution in [-0.4, -0.2) is 57.7 Å². The van der Waals surface area contributed by atoms with Gasteiger partial charge in [-0.05, 0) is 25.8 Å². The number of amides is 4. The molecule has 2 unspecified atom stereocenters. The molecule has 4 amide bonds. The number of hydrogen-bond donors (Lipinski definition) is 3. The van der Waals surface area contributed by atoms with Gasteiger partial charge >= 0.3 is 0 Å². The molecule has 8 nitrogen and oxygen atoms in total. The zero-order chi connectivity index (χ0) is 27.9. The maximum atomic E-state index is 13.1. The normalized spacial score (nSPS) is 20.3. The van der Waals surface area contributed by atoms with Crippen LogP contribution in [0.25, 0.3) is 0 Å². The molecule has 0 aromatic rings. The van der Waals surface area contributed by atoms with Gasteiger partial charge in [0.1, 0.15) is 0 Å². The number of nitrogens with two attached hydrogens (primary N) is 2. The molecule has 2 atom stereocenters. The van der Waals surface area contributed by atoms with E-state index in [1.54, 1.807) is 13.8 Å². The Morgan fingerprint density at radius 3 is 2.39 bits per heavy atom. The van der Waals surface area contributed by atoms with Gasteiger partial charge in [0.05, 0.1) is 11.3 Å². The van der Waals surface area contributed by atoms with Crippen molar-refractivity contribution >= 4 is 35.4 Å². The summed E-state index contributed by atoms with van der Waals surface area (Å²) in [5, 5.41) is 2.38. The van der Waals surface area contributed by atoms with Crippen molar-refractivity contribution in [2.24, 2.45) is 22.3 Å². The van der Waals surface area contributed by atoms with Gasteiger partial charge in [-0.25, -0.2) is 0 Å². The van der Waals surface area contributed by atoms with Crippen molar-refractivity contribution in [3.05, 3.63) is 36.0 Å². The SMILES string of the molecule is CC.CC1(C)C=CC=C(CNC(=O)C(C)(C)CC(C)(C)N2C(=O)CC(SCC(N)C(N)=O)C2=O)C=C1. The smallest absolute Gasteiger partial charge is 0.243 e. The molecule has 0 saturated carbocycles. The van der Waals surface area contributed by atoms with Crippen LogP contribution in [0, 0.1) is 10.8 Å². The standard InChI is InChI=1S/C25H38N4O4S.C2H6/c1-23(2)10-7-8-16(9-11-23)13-28-22(33)24(3,4)15-25(5,6)29-19(30)12-18(21(29)32)34-14-17(26)20(27)31;1-2/h7-11,17-18H,12-15,26H2,1-6H3,(H2,27,31)(H,28,33);1-2H3. The van der Waals surface area contributed by atoms with Gasteiger partial charge in [0.15, 0.2) is 0 Å². The minimum absolute atomic E-state index is 0.0371. The fourth-order valence-corrected chi connectivity index (χ4v) is 5.42. The molecule has 9 heteroatoms. The molecular formula is C27H44N4O4S. The lowest BCUT2D eigenvalue weighted by molar-refractivity contribution is -0.147. The van der Waals surface area contributed by atoms with E-state index < -0.39 is 28.2 Å². The van der Waals surface area contributed by atoms with E-state index in [-0.39, 0.29) is 35.3 Å². The van der Waals surface area contributed by atoms with Crippen LogP contribution in [0.1, 0.15) is 68.2 Å². The number of primary amides is 1. The second-order valence-electron chi connectivity index (χ2n) is 10.9. The predicted octanol–water partition coefficient (Wildman–Crippen LogP) is 3.08. The molecular weight excluding hydrogens is 476 g/mol. The van der Waals surface area contributed by atoms with Crippen LogP contribution in [0.15, 0.2) is 36.0 Å². The van der Waals surface area contributed by atoms with Crippen LogP contribution in [0.4, 0.5) is 0 Å². The fourth-order valence-electron chi connectivity index (χ4n) is 4.31. The Morgan fingerprint density at radius 1 is 1.19 bits per heavy atom. The number of nitrogens with zero attached hydrogens (tertiary/aromatic N) is 1. The van der Waals surface area contributed by atoms with E-state index in [0.717, 1.165) is 5.57 Å². The van der Waals surface area contributed by atoms with Crippen molar-refractivity contribution < 1.29 is 19.2 Å². The Labute approximate surface area is 220 Å². The van der Waals surface area contributed by atoms with Crippen molar-refractivity contribution in [1.29, 1.82) is 0 Å². The summed E-state index contributed by atoms with van der Waals surface area (Å²) >= 11 is 1.17. The molecule has 202 valence electrons. The summed E-state index contributed by atoms with van der Waals surface area (Å²) in [6.45, 7) is 15.8. The highest BCUT2D eigenvalue weighted by Gasteiger charge is 2.49. The summed E-state index contributed by atoms with van der Waals surface area (Å²) in [6, 6.07) is -0.877. The van der Waals surface area contributed by atoms with Crippen molar-refractivity contribution in [3.63, 3.8) is 0 Å². The van der Waals surface area contributed by atoms with Gasteiger partial charge in [0.2, 0.25) is 23.6 Å². The third-order valence-corrected chi connectivity index (χ3v) is 7.38. The number of nitrogens with one attached hydrogen (secondary N) is 1. The summed E-state index contributed by atoms with van der Waals surface area (Å²) in [5.74, 6) is -1.25. The van der Waals surface area contributed by atoms with E-state index in [1.165, 1.54) is 16.7 Å². The molecule has 1 aliphatic heterocycles. The second-order valence-corrected chi connectivity index (χ2v) is 12.1. The number of imide groups is 1. The predicted molar refractivity (Wildman–Crippen MR) is 147 cm³/mol. The van der Waals surface area contributed by atoms with Gasteiger partial charge < -0.3 is 16.8 Å². The van der Waals surface area contributed by atoms with E-state index in [0.29, 0.717) is 13.0 Å². The lowest BCUT2D eigenvalue weighted by Crippen LogP contribution is -2.52. The van der Waals surface area contributed by atoms with Crippen LogP contribution in [-0.2, 0) is 19.2 Å². The molecule has 0 radical (unpaired) electrons. The van der Waals surface area contributed by atoms with Gasteiger partial charge in [-0.2, -0.15) is 0 Å². The zero-order valence-electron chi connectivity index (χ0n) is 23.0. The molecule has 1 heterocycles. The van der Waals surface area contributed by atoms with Gasteiger partial charge in [-0.3, -0.25) is 24.1 Å². The molecule has 1 fully saturated rings. The number of likely N-dealkylation sites (tertiary alicyclic amines) is 1. The lowest BCUT2D eigenvalue weighted by atomic mass is 9.78. The molecule has 5 N–H and O–H groups in total. The van der Waals surface area contributed by atoms with Crippen molar-refractivity contribution in [3.8, 4) is 0 Å². The second kappa shape index (κ2) is 12.7. The highest BCUT2D eigenvalue weighted by Crippen LogP contribution is 2.37. The van der Waals surface area contributed by atoms with Crippen LogP contribution >= 0.6 is 11.8 Å². The van der Waals surface area contributed by atoms with Crippen LogP contribution in [0.3, 0.4) is 0 Å². The van der Waals surface area contributed by atoms with Gasteiger partial charge in [-0.15, -0.1) is 11.8 Å². The van der Waals surface area contributed by atoms with E-state index in [1.807, 2.05) is 45.9 Å². The van der Waals surface area contributed by atoms with E-state index in [2.05, 4.69) is 31.3 Å². The Morgan fingerprint density at radius 2 is 1.81 bits per heavy atom. The van der Waals surface area contributed by atoms with Gasteiger partial charge in [0.25, 0.3) is 0 Å². The number of carbonyl (C=O) groups is 4. The highest BCUT2D eigenvalue weighted by atomic mass is 32.2. The largest absolute Gasteiger partial charge is 0.368 e. The zero-order valence-corrected chi connectivity index (χ0v) is 23.8. The van der Waals surface area contributed by atoms with E-state index in [9.17, 15) is 19.2 Å². The lowest BCUT2D eigenvalue weighted by Gasteiger charge is -2.39. The summed E-state index contributed by atoms with van der Waals surface area (Å²) in [5.41, 5.74) is 10.1. The number of allylic oxidation sites excluding steroid dienone is 4. The minimum atomic E-state index is -0.877. The number of carbonyl (C=O) groups excluding carboxylic acids is 4. The van der Waals surface area contributed by atoms with Crippen molar-refractivity contribution in [2.75, 3.05) is 12.3 Å². The van der Waals surface area contributed by atoms with Crippen LogP contribution in [0.2, 0.25) is 0 Å². The minimum Gasteiger partial charge on any atom is -0.368 e. The quantitative estimate of drug-likeness (QED) is 0.379. The summed E-state index contributed by atoms with van der Waals surface area (Å²) < 4.78 is 0. The number of thioether (sulfide) groups is 1. The van der Waals surface area contributed by atoms with Crippen molar-refractivity contribution in [1.82, 2.24) is 10.2 Å². The summed E-state index contributed by atoms with van der Waals surface area (Å²) in [7, 11) is 0. The van der Waals surface area contributed by atoms with Crippen LogP contribution < -0.4 is 16.8 Å². The van der Waals surface area contributed by atoms with E-state index >= 15 is 0 Å². The Hall–Kier alpha value is -2.39. The molecule has 0 spiro atoms. The van der Waals surface area contributed by atoms with Crippen LogP contribution in [0.5, 0.6) is 0 Å². The highest BCUT2D eigenvalue weighted by molar-refractivity contribution is 8.00. The first-order valence-electron chi connectivity index (χ1n) is 12.5. The Kier molecular flexibility index (Phi) is 11.2. The average molecular weight is 521 g/mol. The van der Waals surface area contributed by atoms with Gasteiger partial charge in [0, 0.05) is 35.1 Å². The molecule has 0 aromatic heterocycles. The maximum absolute atomic E-state index is 13.1. The average Bonchev–Trinajstić information content (AvgIpc) is 2.95. The maximum Gasteiger partial charge on any atom is 0.243 e. The monoisotopic (exact) mass is 520 g/mol. The van der Waals surface area contributed by atoms with Gasteiger partial charge in [-0.1, -0.05) is 71.9 Å². The molecule has 2 aliphatic rings. The Balaban J connectivity index is 0.00000316. The molecule has 0 aromatic carbocycles. The summed E-state index contributed by atoms with van der Waals surface area (Å²) in [4.78, 5) is 51.2. The topological polar surface area (TPSA) is 136 Å². The number of hydrogen-bond acceptors (Lipinski definition) is 6. The molecule has 1 saturated heterocycles. The molecule has 36 heavy (non-hydrogen) atoms. The first-order chi connectivity index (χ1) is 16.6. The Bertz CT molecular complexity index is 934.